The van der Waals surface area contributed by atoms with Gasteiger partial charge in [0.25, 0.3) is 0 Å². The first kappa shape index (κ1) is 14.5. The molecular weight excluding hydrogens is 282 g/mol. The van der Waals surface area contributed by atoms with E-state index in [1.807, 2.05) is 35.2 Å². The summed E-state index contributed by atoms with van der Waals surface area (Å²) >= 11 is 0. The minimum atomic E-state index is -0.000561. The lowest BCUT2D eigenvalue weighted by Crippen LogP contribution is -2.34. The van der Waals surface area contributed by atoms with Gasteiger partial charge in [-0.2, -0.15) is 0 Å². The maximum atomic E-state index is 11.8. The van der Waals surface area contributed by atoms with E-state index in [1.165, 1.54) is 6.33 Å². The standard InChI is InChI=1S/C15H19N5O2/c21-15(12-3-8-22-10-12)17-5-4-16-13-9-14(19-11-18-13)20-6-1-2-7-20/h1-2,6-7,9,11-12H,3-5,8,10H2,(H,17,21)(H,16,18,19). The van der Waals surface area contributed by atoms with Crippen LogP contribution in [0, 0.1) is 5.92 Å². The highest BCUT2D eigenvalue weighted by molar-refractivity contribution is 5.79. The Morgan fingerprint density at radius 1 is 1.32 bits per heavy atom. The summed E-state index contributed by atoms with van der Waals surface area (Å²) in [5, 5.41) is 6.09. The fourth-order valence-corrected chi connectivity index (χ4v) is 2.33. The van der Waals surface area contributed by atoms with Crippen molar-refractivity contribution >= 4 is 11.7 Å². The Kier molecular flexibility index (Phi) is 4.65. The van der Waals surface area contributed by atoms with E-state index < -0.39 is 0 Å². The van der Waals surface area contributed by atoms with Gasteiger partial charge < -0.3 is 19.9 Å². The van der Waals surface area contributed by atoms with E-state index in [1.54, 1.807) is 0 Å². The van der Waals surface area contributed by atoms with E-state index in [9.17, 15) is 4.79 Å². The third-order valence-corrected chi connectivity index (χ3v) is 3.55. The molecule has 0 spiro atoms. The maximum absolute atomic E-state index is 11.8. The van der Waals surface area contributed by atoms with Gasteiger partial charge in [0.2, 0.25) is 5.91 Å². The normalized spacial score (nSPS) is 17.4. The van der Waals surface area contributed by atoms with Crippen LogP contribution in [0.3, 0.4) is 0 Å². The predicted octanol–water partition coefficient (Wildman–Crippen LogP) is 0.832. The Labute approximate surface area is 128 Å². The van der Waals surface area contributed by atoms with Crippen molar-refractivity contribution in [2.75, 3.05) is 31.6 Å². The van der Waals surface area contributed by atoms with Gasteiger partial charge in [-0.05, 0) is 18.6 Å². The lowest BCUT2D eigenvalue weighted by molar-refractivity contribution is -0.124. The average Bonchev–Trinajstić information content (AvgIpc) is 3.24. The lowest BCUT2D eigenvalue weighted by atomic mass is 10.1. The molecule has 0 bridgehead atoms. The smallest absolute Gasteiger partial charge is 0.225 e. The number of rotatable bonds is 6. The highest BCUT2D eigenvalue weighted by Gasteiger charge is 2.22. The Balaban J connectivity index is 1.45. The number of nitrogens with zero attached hydrogens (tertiary/aromatic N) is 3. The summed E-state index contributed by atoms with van der Waals surface area (Å²) in [5.74, 6) is 1.60. The first-order valence-corrected chi connectivity index (χ1v) is 7.37. The van der Waals surface area contributed by atoms with Gasteiger partial charge in [0.05, 0.1) is 12.5 Å². The monoisotopic (exact) mass is 301 g/mol. The predicted molar refractivity (Wildman–Crippen MR) is 81.8 cm³/mol. The van der Waals surface area contributed by atoms with E-state index in [0.29, 0.717) is 26.3 Å². The van der Waals surface area contributed by atoms with Crippen LogP contribution < -0.4 is 10.6 Å². The fourth-order valence-electron chi connectivity index (χ4n) is 2.33. The van der Waals surface area contributed by atoms with Gasteiger partial charge in [-0.15, -0.1) is 0 Å². The van der Waals surface area contributed by atoms with Crippen molar-refractivity contribution in [2.24, 2.45) is 5.92 Å². The average molecular weight is 301 g/mol. The molecular formula is C15H19N5O2. The van der Waals surface area contributed by atoms with Gasteiger partial charge in [-0.25, -0.2) is 9.97 Å². The third kappa shape index (κ3) is 3.62. The summed E-state index contributed by atoms with van der Waals surface area (Å²) in [5.41, 5.74) is 0. The number of hydrogen-bond acceptors (Lipinski definition) is 5. The van der Waals surface area contributed by atoms with E-state index in [4.69, 9.17) is 4.74 Å². The van der Waals surface area contributed by atoms with Crippen molar-refractivity contribution in [1.82, 2.24) is 19.9 Å². The van der Waals surface area contributed by atoms with Crippen LogP contribution in [0.5, 0.6) is 0 Å². The van der Waals surface area contributed by atoms with E-state index in [0.717, 1.165) is 18.1 Å². The molecule has 1 fully saturated rings. The molecule has 2 aromatic rings. The summed E-state index contributed by atoms with van der Waals surface area (Å²) in [6.07, 6.45) is 6.18. The molecule has 0 radical (unpaired) electrons. The van der Waals surface area contributed by atoms with Crippen LogP contribution >= 0.6 is 0 Å². The molecule has 7 nitrogen and oxygen atoms in total. The molecule has 2 aromatic heterocycles. The highest BCUT2D eigenvalue weighted by Crippen LogP contribution is 2.12. The number of hydrogen-bond donors (Lipinski definition) is 2. The van der Waals surface area contributed by atoms with Crippen LogP contribution in [0.1, 0.15) is 6.42 Å². The molecule has 1 aliphatic rings. The van der Waals surface area contributed by atoms with Gasteiger partial charge in [-0.3, -0.25) is 4.79 Å². The van der Waals surface area contributed by atoms with Crippen LogP contribution in [0.2, 0.25) is 0 Å². The zero-order chi connectivity index (χ0) is 15.2. The number of aromatic nitrogens is 3. The molecule has 3 rings (SSSR count). The van der Waals surface area contributed by atoms with Gasteiger partial charge in [0.15, 0.2) is 0 Å². The number of nitrogens with one attached hydrogen (secondary N) is 2. The fraction of sp³-hybridized carbons (Fsp3) is 0.400. The molecule has 22 heavy (non-hydrogen) atoms. The molecule has 2 N–H and O–H groups in total. The number of carbonyl (C=O) groups excluding carboxylic acids is 1. The summed E-state index contributed by atoms with van der Waals surface area (Å²) in [7, 11) is 0. The van der Waals surface area contributed by atoms with Gasteiger partial charge in [-0.1, -0.05) is 0 Å². The molecule has 116 valence electrons. The highest BCUT2D eigenvalue weighted by atomic mass is 16.5. The van der Waals surface area contributed by atoms with Crippen molar-refractivity contribution in [3.05, 3.63) is 36.9 Å². The van der Waals surface area contributed by atoms with Gasteiger partial charge >= 0.3 is 0 Å². The summed E-state index contributed by atoms with van der Waals surface area (Å²) in [6, 6.07) is 5.75. The SMILES string of the molecule is O=C(NCCNc1cc(-n2cccc2)ncn1)C1CCOC1. The Bertz CT molecular complexity index is 608. The Morgan fingerprint density at radius 3 is 2.95 bits per heavy atom. The van der Waals surface area contributed by atoms with Crippen molar-refractivity contribution in [3.63, 3.8) is 0 Å². The topological polar surface area (TPSA) is 81.1 Å². The van der Waals surface area contributed by atoms with Crippen LogP contribution in [0.15, 0.2) is 36.9 Å². The number of amides is 1. The minimum Gasteiger partial charge on any atom is -0.381 e. The second-order valence-electron chi connectivity index (χ2n) is 5.13. The molecule has 1 atom stereocenters. The van der Waals surface area contributed by atoms with E-state index in [-0.39, 0.29) is 11.8 Å². The minimum absolute atomic E-state index is 0.000561. The van der Waals surface area contributed by atoms with Crippen LogP contribution in [-0.4, -0.2) is 46.7 Å². The van der Waals surface area contributed by atoms with Crippen molar-refractivity contribution in [3.8, 4) is 5.82 Å². The second-order valence-corrected chi connectivity index (χ2v) is 5.13. The second kappa shape index (κ2) is 7.04. The molecule has 1 amide bonds. The summed E-state index contributed by atoms with van der Waals surface area (Å²) in [6.45, 7) is 2.38. The van der Waals surface area contributed by atoms with Crippen LogP contribution in [0.4, 0.5) is 5.82 Å². The molecule has 1 saturated heterocycles. The Hall–Kier alpha value is -2.41. The molecule has 0 aliphatic carbocycles. The first-order valence-electron chi connectivity index (χ1n) is 7.37. The zero-order valence-corrected chi connectivity index (χ0v) is 12.2. The first-order chi connectivity index (χ1) is 10.8. The largest absolute Gasteiger partial charge is 0.381 e. The summed E-state index contributed by atoms with van der Waals surface area (Å²) < 4.78 is 7.12. The zero-order valence-electron chi connectivity index (χ0n) is 12.2. The van der Waals surface area contributed by atoms with Crippen molar-refractivity contribution in [1.29, 1.82) is 0 Å². The lowest BCUT2D eigenvalue weighted by Gasteiger charge is -2.10. The van der Waals surface area contributed by atoms with E-state index >= 15 is 0 Å². The van der Waals surface area contributed by atoms with Crippen LogP contribution in [-0.2, 0) is 9.53 Å². The van der Waals surface area contributed by atoms with E-state index in [2.05, 4.69) is 20.6 Å². The summed E-state index contributed by atoms with van der Waals surface area (Å²) in [4.78, 5) is 20.2. The van der Waals surface area contributed by atoms with Crippen molar-refractivity contribution < 1.29 is 9.53 Å². The number of ether oxygens (including phenoxy) is 1. The number of anilines is 1. The third-order valence-electron chi connectivity index (χ3n) is 3.55. The quantitative estimate of drug-likeness (QED) is 0.773. The van der Waals surface area contributed by atoms with Gasteiger partial charge in [0, 0.05) is 38.2 Å². The van der Waals surface area contributed by atoms with Crippen molar-refractivity contribution in [2.45, 2.75) is 6.42 Å². The molecule has 3 heterocycles. The van der Waals surface area contributed by atoms with Crippen LogP contribution in [0.25, 0.3) is 5.82 Å². The molecule has 0 saturated carbocycles. The van der Waals surface area contributed by atoms with Gasteiger partial charge in [0.1, 0.15) is 18.0 Å². The molecule has 1 aliphatic heterocycles. The number of carbonyl (C=O) groups is 1. The molecule has 7 heteroatoms. The molecule has 1 unspecified atom stereocenters. The maximum Gasteiger partial charge on any atom is 0.225 e. The molecule has 0 aromatic carbocycles. The Morgan fingerprint density at radius 2 is 2.18 bits per heavy atom.